The van der Waals surface area contributed by atoms with Gasteiger partial charge in [0.05, 0.1) is 0 Å². The summed E-state index contributed by atoms with van der Waals surface area (Å²) in [6.07, 6.45) is 14.6. The van der Waals surface area contributed by atoms with Crippen molar-refractivity contribution < 1.29 is 0 Å². The molecule has 2 heterocycles. The van der Waals surface area contributed by atoms with Crippen molar-refractivity contribution in [2.24, 2.45) is 11.8 Å². The molecular formula is C16H32N2. The maximum atomic E-state index is 3.52. The van der Waals surface area contributed by atoms with Crippen LogP contribution in [-0.4, -0.2) is 26.2 Å². The molecule has 0 saturated carbocycles. The molecule has 0 amide bonds. The van der Waals surface area contributed by atoms with E-state index in [1.807, 2.05) is 0 Å². The first-order valence-corrected chi connectivity index (χ1v) is 8.36. The van der Waals surface area contributed by atoms with Gasteiger partial charge in [0.1, 0.15) is 0 Å². The number of rotatable bonds is 7. The molecule has 0 spiro atoms. The summed E-state index contributed by atoms with van der Waals surface area (Å²) < 4.78 is 0. The minimum absolute atomic E-state index is 0.987. The number of hydrogen-bond acceptors (Lipinski definition) is 2. The van der Waals surface area contributed by atoms with Crippen LogP contribution in [0.2, 0.25) is 0 Å². The lowest BCUT2D eigenvalue weighted by atomic mass is 9.91. The van der Waals surface area contributed by atoms with Crippen molar-refractivity contribution in [3.63, 3.8) is 0 Å². The number of nitrogens with one attached hydrogen (secondary N) is 2. The summed E-state index contributed by atoms with van der Waals surface area (Å²) in [5.41, 5.74) is 0. The third kappa shape index (κ3) is 5.71. The van der Waals surface area contributed by atoms with Crippen LogP contribution in [0.25, 0.3) is 0 Å². The zero-order valence-corrected chi connectivity index (χ0v) is 12.1. The zero-order valence-electron chi connectivity index (χ0n) is 12.1. The fourth-order valence-corrected chi connectivity index (χ4v) is 3.56. The van der Waals surface area contributed by atoms with Gasteiger partial charge >= 0.3 is 0 Å². The third-order valence-electron chi connectivity index (χ3n) is 4.77. The maximum absolute atomic E-state index is 3.52. The fraction of sp³-hybridized carbons (Fsp3) is 1.00. The van der Waals surface area contributed by atoms with E-state index < -0.39 is 0 Å². The number of hydrogen-bond donors (Lipinski definition) is 2. The first-order chi connectivity index (χ1) is 8.95. The van der Waals surface area contributed by atoms with Gasteiger partial charge in [-0.3, -0.25) is 0 Å². The maximum Gasteiger partial charge on any atom is -0.00205 e. The van der Waals surface area contributed by atoms with E-state index in [-0.39, 0.29) is 0 Å². The van der Waals surface area contributed by atoms with Crippen molar-refractivity contribution in [2.45, 2.75) is 64.2 Å². The summed E-state index contributed by atoms with van der Waals surface area (Å²) in [5.74, 6) is 1.97. The molecule has 2 nitrogen and oxygen atoms in total. The monoisotopic (exact) mass is 252 g/mol. The normalized spacial score (nSPS) is 29.3. The van der Waals surface area contributed by atoms with E-state index in [2.05, 4.69) is 10.6 Å². The molecule has 2 rings (SSSR count). The highest BCUT2D eigenvalue weighted by molar-refractivity contribution is 4.70. The topological polar surface area (TPSA) is 24.1 Å². The number of piperidine rings is 2. The van der Waals surface area contributed by atoms with E-state index in [9.17, 15) is 0 Å². The Kier molecular flexibility index (Phi) is 7.11. The number of unbranched alkanes of at least 4 members (excludes halogenated alkanes) is 3. The van der Waals surface area contributed by atoms with Crippen molar-refractivity contribution in [1.82, 2.24) is 10.6 Å². The van der Waals surface area contributed by atoms with E-state index in [4.69, 9.17) is 0 Å². The highest BCUT2D eigenvalue weighted by Gasteiger charge is 2.13. The standard InChI is InChI=1S/C16H32N2/c1(3-7-15-9-5-11-17-13-15)2-4-8-16-10-6-12-18-14-16/h15-18H,1-14H2. The highest BCUT2D eigenvalue weighted by atomic mass is 14.9. The Morgan fingerprint density at radius 3 is 1.56 bits per heavy atom. The molecule has 2 aliphatic rings. The van der Waals surface area contributed by atoms with Crippen LogP contribution in [0, 0.1) is 11.8 Å². The Morgan fingerprint density at radius 1 is 0.667 bits per heavy atom. The van der Waals surface area contributed by atoms with Gasteiger partial charge in [-0.05, 0) is 76.5 Å². The van der Waals surface area contributed by atoms with Crippen LogP contribution in [0.3, 0.4) is 0 Å². The lowest BCUT2D eigenvalue weighted by Gasteiger charge is -2.23. The van der Waals surface area contributed by atoms with Crippen molar-refractivity contribution in [3.05, 3.63) is 0 Å². The SMILES string of the molecule is C(CCCC1CCCNC1)CCC1CCCNC1. The van der Waals surface area contributed by atoms with Gasteiger partial charge in [-0.1, -0.05) is 25.7 Å². The molecule has 0 aromatic rings. The Morgan fingerprint density at radius 2 is 1.17 bits per heavy atom. The molecule has 2 aliphatic heterocycles. The molecule has 0 aromatic heterocycles. The van der Waals surface area contributed by atoms with Gasteiger partial charge in [0, 0.05) is 0 Å². The molecule has 2 N–H and O–H groups in total. The van der Waals surface area contributed by atoms with Crippen LogP contribution >= 0.6 is 0 Å². The molecule has 2 atom stereocenters. The predicted octanol–water partition coefficient (Wildman–Crippen LogP) is 3.33. The van der Waals surface area contributed by atoms with Crippen LogP contribution in [-0.2, 0) is 0 Å². The fourth-order valence-electron chi connectivity index (χ4n) is 3.56. The van der Waals surface area contributed by atoms with E-state index in [1.54, 1.807) is 0 Å². The molecule has 2 unspecified atom stereocenters. The summed E-state index contributed by atoms with van der Waals surface area (Å²) >= 11 is 0. The van der Waals surface area contributed by atoms with Crippen LogP contribution in [0.15, 0.2) is 0 Å². The smallest absolute Gasteiger partial charge is 0.00205 e. The van der Waals surface area contributed by atoms with Crippen LogP contribution in [0.4, 0.5) is 0 Å². The van der Waals surface area contributed by atoms with E-state index in [0.717, 1.165) is 11.8 Å². The van der Waals surface area contributed by atoms with Gasteiger partial charge in [0.15, 0.2) is 0 Å². The van der Waals surface area contributed by atoms with Gasteiger partial charge in [-0.15, -0.1) is 0 Å². The Bertz CT molecular complexity index is 171. The summed E-state index contributed by atoms with van der Waals surface area (Å²) in [6.45, 7) is 5.08. The molecular weight excluding hydrogens is 220 g/mol. The minimum atomic E-state index is 0.987. The summed E-state index contributed by atoms with van der Waals surface area (Å²) in [6, 6.07) is 0. The second kappa shape index (κ2) is 8.92. The van der Waals surface area contributed by atoms with E-state index >= 15 is 0 Å². The first-order valence-electron chi connectivity index (χ1n) is 8.36. The van der Waals surface area contributed by atoms with Crippen LogP contribution < -0.4 is 10.6 Å². The van der Waals surface area contributed by atoms with Crippen molar-refractivity contribution in [1.29, 1.82) is 0 Å². The van der Waals surface area contributed by atoms with Crippen molar-refractivity contribution in [2.75, 3.05) is 26.2 Å². The molecule has 18 heavy (non-hydrogen) atoms. The first kappa shape index (κ1) is 14.3. The molecule has 0 aliphatic carbocycles. The second-order valence-electron chi connectivity index (χ2n) is 6.42. The van der Waals surface area contributed by atoms with Gasteiger partial charge in [0.25, 0.3) is 0 Å². The van der Waals surface area contributed by atoms with Crippen molar-refractivity contribution in [3.8, 4) is 0 Å². The summed E-state index contributed by atoms with van der Waals surface area (Å²) in [5, 5.41) is 7.05. The quantitative estimate of drug-likeness (QED) is 0.679. The molecule has 0 bridgehead atoms. The average Bonchev–Trinajstić information content (AvgIpc) is 2.45. The van der Waals surface area contributed by atoms with E-state index in [0.29, 0.717) is 0 Å². The van der Waals surface area contributed by atoms with Gasteiger partial charge in [-0.2, -0.15) is 0 Å². The molecule has 2 heteroatoms. The molecule has 106 valence electrons. The van der Waals surface area contributed by atoms with Gasteiger partial charge in [-0.25, -0.2) is 0 Å². The minimum Gasteiger partial charge on any atom is -0.316 e. The Hall–Kier alpha value is -0.0800. The Labute approximate surface area is 113 Å². The van der Waals surface area contributed by atoms with Gasteiger partial charge < -0.3 is 10.6 Å². The van der Waals surface area contributed by atoms with E-state index in [1.165, 1.54) is 90.4 Å². The van der Waals surface area contributed by atoms with Gasteiger partial charge in [0.2, 0.25) is 0 Å². The third-order valence-corrected chi connectivity index (χ3v) is 4.77. The molecule has 2 saturated heterocycles. The molecule has 2 fully saturated rings. The lowest BCUT2D eigenvalue weighted by Crippen LogP contribution is -2.29. The molecule has 0 aromatic carbocycles. The largest absolute Gasteiger partial charge is 0.316 e. The second-order valence-corrected chi connectivity index (χ2v) is 6.42. The summed E-state index contributed by atoms with van der Waals surface area (Å²) in [7, 11) is 0. The lowest BCUT2D eigenvalue weighted by molar-refractivity contribution is 0.333. The zero-order chi connectivity index (χ0) is 12.5. The average molecular weight is 252 g/mol. The van der Waals surface area contributed by atoms with Crippen molar-refractivity contribution >= 4 is 0 Å². The van der Waals surface area contributed by atoms with Crippen LogP contribution in [0.5, 0.6) is 0 Å². The summed E-state index contributed by atoms with van der Waals surface area (Å²) in [4.78, 5) is 0. The molecule has 0 radical (unpaired) electrons. The Balaban J connectivity index is 1.39. The predicted molar refractivity (Wildman–Crippen MR) is 78.9 cm³/mol. The highest BCUT2D eigenvalue weighted by Crippen LogP contribution is 2.20. The van der Waals surface area contributed by atoms with Crippen LogP contribution in [0.1, 0.15) is 64.2 Å².